The first kappa shape index (κ1) is 53.9. The highest BCUT2D eigenvalue weighted by molar-refractivity contribution is 14.1. The van der Waals surface area contributed by atoms with E-state index in [1.54, 1.807) is 105 Å². The second-order valence-corrected chi connectivity index (χ2v) is 20.9. The van der Waals surface area contributed by atoms with Crippen molar-refractivity contribution in [2.75, 3.05) is 59.5 Å². The molecule has 61 heavy (non-hydrogen) atoms. The molecule has 2 rings (SSSR count). The van der Waals surface area contributed by atoms with E-state index in [1.165, 1.54) is 19.2 Å². The Morgan fingerprint density at radius 1 is 0.590 bits per heavy atom. The fraction of sp³-hybridized carbons (Fsp3) is 0.614. The Hall–Kier alpha value is -3.27. The van der Waals surface area contributed by atoms with Crippen LogP contribution >= 0.6 is 45.2 Å². The van der Waals surface area contributed by atoms with Crippen molar-refractivity contribution in [2.45, 2.75) is 118 Å². The van der Waals surface area contributed by atoms with Crippen LogP contribution in [-0.2, 0) is 54.1 Å². The number of hydrogen-bond acceptors (Lipinski definition) is 15. The first-order chi connectivity index (χ1) is 27.9. The van der Waals surface area contributed by atoms with E-state index in [9.17, 15) is 29.1 Å². The van der Waals surface area contributed by atoms with E-state index < -0.39 is 58.3 Å². The molecule has 0 saturated carbocycles. The zero-order valence-corrected chi connectivity index (χ0v) is 42.3. The minimum absolute atomic E-state index is 0.110. The second-order valence-electron chi connectivity index (χ2n) is 18.5. The van der Waals surface area contributed by atoms with Gasteiger partial charge in [0, 0.05) is 26.2 Å². The van der Waals surface area contributed by atoms with Crippen molar-refractivity contribution in [1.82, 2.24) is 14.7 Å². The van der Waals surface area contributed by atoms with Crippen LogP contribution in [0.5, 0.6) is 17.2 Å². The topological polar surface area (TPSA) is 171 Å². The van der Waals surface area contributed by atoms with Crippen LogP contribution in [0.4, 0.5) is 0 Å². The summed E-state index contributed by atoms with van der Waals surface area (Å²) < 4.78 is 35.5. The number of methoxy groups -OCH3 is 1. The van der Waals surface area contributed by atoms with E-state index in [2.05, 4.69) is 45.2 Å². The summed E-state index contributed by atoms with van der Waals surface area (Å²) in [5.41, 5.74) is -2.32. The van der Waals surface area contributed by atoms with Crippen LogP contribution in [0.25, 0.3) is 0 Å². The smallest absolute Gasteiger partial charge is 0.323 e. The molecule has 0 fully saturated rings. The Labute approximate surface area is 388 Å². The van der Waals surface area contributed by atoms with Crippen molar-refractivity contribution in [3.8, 4) is 17.2 Å². The number of benzene rings is 2. The number of nitrogens with zero attached hydrogens (tertiary/aromatic N) is 3. The maximum atomic E-state index is 13.9. The SMILES string of the molecule is COC(=O)[C@H](Cc1cc(I)c(Oc2ccc(O)cc2)c(I)c1)N(CCN(CC(=O)OC(C)(C)C)CC(=O)OC(C)(C)C)CCN(CC(=O)OC(C)(C)C)CC(=O)OC(C)(C)C. The van der Waals surface area contributed by atoms with Gasteiger partial charge in [-0.05, 0) is 177 Å². The number of rotatable bonds is 20. The minimum atomic E-state index is -0.907. The Balaban J connectivity index is 2.61. The molecular formula is C44H65I2N3O12. The molecule has 2 aromatic rings. The predicted molar refractivity (Wildman–Crippen MR) is 247 cm³/mol. The van der Waals surface area contributed by atoms with Gasteiger partial charge in [0.25, 0.3) is 0 Å². The molecule has 17 heteroatoms. The molecular weight excluding hydrogens is 1020 g/mol. The van der Waals surface area contributed by atoms with E-state index in [4.69, 9.17) is 28.4 Å². The lowest BCUT2D eigenvalue weighted by atomic mass is 10.0. The molecule has 2 aromatic carbocycles. The van der Waals surface area contributed by atoms with Crippen LogP contribution in [-0.4, -0.2) is 138 Å². The lowest BCUT2D eigenvalue weighted by Gasteiger charge is -2.34. The Bertz CT molecular complexity index is 1640. The number of aromatic hydroxyl groups is 1. The van der Waals surface area contributed by atoms with Crippen molar-refractivity contribution < 1.29 is 57.5 Å². The van der Waals surface area contributed by atoms with Crippen LogP contribution in [0.1, 0.15) is 88.6 Å². The number of halogens is 2. The summed E-state index contributed by atoms with van der Waals surface area (Å²) in [6.07, 6.45) is 0.175. The van der Waals surface area contributed by atoms with E-state index in [0.717, 1.165) is 12.7 Å². The van der Waals surface area contributed by atoms with Gasteiger partial charge in [-0.25, -0.2) is 0 Å². The van der Waals surface area contributed by atoms with Crippen LogP contribution in [0, 0.1) is 7.14 Å². The number of ether oxygens (including phenoxy) is 6. The van der Waals surface area contributed by atoms with Gasteiger partial charge in [0.1, 0.15) is 39.9 Å². The molecule has 0 unspecified atom stereocenters. The number of hydrogen-bond donors (Lipinski definition) is 1. The summed E-state index contributed by atoms with van der Waals surface area (Å²) in [5, 5.41) is 9.73. The van der Waals surface area contributed by atoms with Gasteiger partial charge in [-0.2, -0.15) is 0 Å². The Kier molecular flexibility index (Phi) is 20.7. The average Bonchev–Trinajstić information content (AvgIpc) is 3.06. The predicted octanol–water partition coefficient (Wildman–Crippen LogP) is 6.75. The highest BCUT2D eigenvalue weighted by atomic mass is 127. The highest BCUT2D eigenvalue weighted by Gasteiger charge is 2.32. The van der Waals surface area contributed by atoms with Gasteiger partial charge in [-0.3, -0.25) is 38.7 Å². The third-order valence-electron chi connectivity index (χ3n) is 7.96. The molecule has 1 N–H and O–H groups in total. The number of carbonyl (C=O) groups excluding carboxylic acids is 5. The van der Waals surface area contributed by atoms with Gasteiger partial charge in [0.2, 0.25) is 0 Å². The number of esters is 5. The molecule has 0 amide bonds. The van der Waals surface area contributed by atoms with Crippen molar-refractivity contribution in [3.63, 3.8) is 0 Å². The molecule has 1 atom stereocenters. The molecule has 0 aliphatic rings. The normalized spacial score (nSPS) is 12.9. The molecule has 0 aromatic heterocycles. The van der Waals surface area contributed by atoms with Gasteiger partial charge in [-0.15, -0.1) is 0 Å². The highest BCUT2D eigenvalue weighted by Crippen LogP contribution is 2.34. The van der Waals surface area contributed by atoms with Crippen molar-refractivity contribution in [3.05, 3.63) is 49.1 Å². The summed E-state index contributed by atoms with van der Waals surface area (Å²) in [7, 11) is 1.30. The summed E-state index contributed by atoms with van der Waals surface area (Å²) in [6.45, 7) is 20.5. The van der Waals surface area contributed by atoms with Gasteiger partial charge < -0.3 is 33.5 Å². The van der Waals surface area contributed by atoms with Crippen LogP contribution in [0.2, 0.25) is 0 Å². The number of carbonyl (C=O) groups is 5. The van der Waals surface area contributed by atoms with Crippen molar-refractivity contribution >= 4 is 75.0 Å². The molecule has 0 aliphatic carbocycles. The fourth-order valence-electron chi connectivity index (χ4n) is 5.80. The maximum Gasteiger partial charge on any atom is 0.323 e. The zero-order chi connectivity index (χ0) is 46.5. The number of phenolic OH excluding ortho intramolecular Hbond substituents is 1. The number of phenols is 1. The lowest BCUT2D eigenvalue weighted by molar-refractivity contribution is -0.162. The molecule has 0 bridgehead atoms. The Morgan fingerprint density at radius 2 is 0.934 bits per heavy atom. The average molecular weight is 1080 g/mol. The third-order valence-corrected chi connectivity index (χ3v) is 9.56. The molecule has 0 heterocycles. The fourth-order valence-corrected chi connectivity index (χ4v) is 7.91. The third kappa shape index (κ3) is 22.6. The monoisotopic (exact) mass is 1080 g/mol. The zero-order valence-electron chi connectivity index (χ0n) is 37.9. The van der Waals surface area contributed by atoms with Gasteiger partial charge in [0.15, 0.2) is 5.75 Å². The Morgan fingerprint density at radius 3 is 1.25 bits per heavy atom. The maximum absolute atomic E-state index is 13.9. The first-order valence-corrected chi connectivity index (χ1v) is 22.2. The van der Waals surface area contributed by atoms with Crippen molar-refractivity contribution in [2.24, 2.45) is 0 Å². The summed E-state index contributed by atoms with van der Waals surface area (Å²) in [5.74, 6) is -1.50. The molecule has 0 aliphatic heterocycles. The van der Waals surface area contributed by atoms with Crippen LogP contribution in [0.15, 0.2) is 36.4 Å². The molecule has 0 saturated heterocycles. The van der Waals surface area contributed by atoms with E-state index >= 15 is 0 Å². The first-order valence-electron chi connectivity index (χ1n) is 20.0. The van der Waals surface area contributed by atoms with Gasteiger partial charge in [0.05, 0.1) is 40.4 Å². The van der Waals surface area contributed by atoms with E-state index in [-0.39, 0.29) is 64.5 Å². The summed E-state index contributed by atoms with van der Waals surface area (Å²) in [4.78, 5) is 71.4. The van der Waals surface area contributed by atoms with Crippen LogP contribution in [0.3, 0.4) is 0 Å². The van der Waals surface area contributed by atoms with Crippen LogP contribution < -0.4 is 4.74 Å². The van der Waals surface area contributed by atoms with Gasteiger partial charge >= 0.3 is 29.8 Å². The minimum Gasteiger partial charge on any atom is -0.508 e. The summed E-state index contributed by atoms with van der Waals surface area (Å²) in [6, 6.07) is 9.28. The molecule has 0 spiro atoms. The molecule has 0 radical (unpaired) electrons. The second kappa shape index (κ2) is 23.4. The quantitative estimate of drug-likeness (QED) is 0.0839. The van der Waals surface area contributed by atoms with E-state index in [0.29, 0.717) is 11.5 Å². The lowest BCUT2D eigenvalue weighted by Crippen LogP contribution is -2.51. The van der Waals surface area contributed by atoms with E-state index in [1.807, 2.05) is 17.0 Å². The molecule has 342 valence electrons. The summed E-state index contributed by atoms with van der Waals surface area (Å²) >= 11 is 4.34. The van der Waals surface area contributed by atoms with Gasteiger partial charge in [-0.1, -0.05) is 0 Å². The standard InChI is InChI=1S/C44H65I2N3O12/c1-41(2,3)58-35(51)25-47(26-36(52)59-42(4,5)6)18-20-49(21-19-48(27-37(53)60-43(7,8)9)28-38(54)61-44(10,11)12)34(40(55)56-13)24-29-22-32(45)39(33(46)23-29)57-31-16-14-30(50)15-17-31/h14-17,22-23,34,50H,18-21,24-28H2,1-13H3/t34-/m0/s1. The molecule has 15 nitrogen and oxygen atoms in total. The van der Waals surface area contributed by atoms with Crippen molar-refractivity contribution in [1.29, 1.82) is 0 Å². The largest absolute Gasteiger partial charge is 0.508 e.